The summed E-state index contributed by atoms with van der Waals surface area (Å²) in [5.41, 5.74) is 1.11. The van der Waals surface area contributed by atoms with Crippen molar-refractivity contribution in [3.63, 3.8) is 0 Å². The van der Waals surface area contributed by atoms with Crippen LogP contribution in [0.2, 0.25) is 0 Å². The van der Waals surface area contributed by atoms with Gasteiger partial charge in [0.25, 0.3) is 0 Å². The van der Waals surface area contributed by atoms with Gasteiger partial charge in [0.15, 0.2) is 0 Å². The third kappa shape index (κ3) is 5.19. The quantitative estimate of drug-likeness (QED) is 0.777. The molecule has 1 aromatic carbocycles. The minimum Gasteiger partial charge on any atom is -0.494 e. The molecule has 0 aromatic heterocycles. The third-order valence-electron chi connectivity index (χ3n) is 4.55. The van der Waals surface area contributed by atoms with E-state index in [2.05, 4.69) is 10.2 Å². The first-order valence-corrected chi connectivity index (χ1v) is 9.10. The summed E-state index contributed by atoms with van der Waals surface area (Å²) in [7, 11) is 0. The maximum absolute atomic E-state index is 12.4. The van der Waals surface area contributed by atoms with Gasteiger partial charge in [-0.2, -0.15) is 0 Å². The Balaban J connectivity index is 2.05. The highest BCUT2D eigenvalue weighted by Gasteiger charge is 2.32. The Kier molecular flexibility index (Phi) is 7.25. The number of carbonyl (C=O) groups excluding carboxylic acids is 2. The highest BCUT2D eigenvalue weighted by Crippen LogP contribution is 2.18. The molecule has 1 N–H and O–H groups in total. The zero-order valence-corrected chi connectivity index (χ0v) is 15.5. The van der Waals surface area contributed by atoms with Gasteiger partial charge in [-0.25, -0.2) is 0 Å². The average Bonchev–Trinajstić information content (AvgIpc) is 2.61. The molecule has 0 radical (unpaired) electrons. The van der Waals surface area contributed by atoms with Crippen LogP contribution in [0.5, 0.6) is 5.75 Å². The monoisotopic (exact) mass is 347 g/mol. The lowest BCUT2D eigenvalue weighted by molar-refractivity contribution is -0.138. The summed E-state index contributed by atoms with van der Waals surface area (Å²) in [4.78, 5) is 28.6. The molecule has 1 aromatic rings. The highest BCUT2D eigenvalue weighted by molar-refractivity contribution is 5.88. The zero-order chi connectivity index (χ0) is 18.2. The summed E-state index contributed by atoms with van der Waals surface area (Å²) in [5, 5.41) is 2.88. The van der Waals surface area contributed by atoms with Crippen molar-refractivity contribution in [1.29, 1.82) is 0 Å². The van der Waals surface area contributed by atoms with Crippen molar-refractivity contribution in [2.75, 3.05) is 32.8 Å². The van der Waals surface area contributed by atoms with Crippen molar-refractivity contribution in [3.05, 3.63) is 29.8 Å². The summed E-state index contributed by atoms with van der Waals surface area (Å²) in [6.07, 6.45) is 0.227. The van der Waals surface area contributed by atoms with Crippen molar-refractivity contribution < 1.29 is 14.3 Å². The summed E-state index contributed by atoms with van der Waals surface area (Å²) >= 11 is 0. The number of nitrogens with zero attached hydrogens (tertiary/aromatic N) is 2. The number of hydrogen-bond acceptors (Lipinski definition) is 4. The van der Waals surface area contributed by atoms with Crippen LogP contribution in [0.1, 0.15) is 32.8 Å². The molecule has 0 saturated carbocycles. The van der Waals surface area contributed by atoms with Crippen LogP contribution >= 0.6 is 0 Å². The van der Waals surface area contributed by atoms with Crippen LogP contribution < -0.4 is 10.1 Å². The van der Waals surface area contributed by atoms with Gasteiger partial charge in [-0.3, -0.25) is 14.5 Å². The second-order valence-corrected chi connectivity index (χ2v) is 6.12. The number of benzene rings is 1. The van der Waals surface area contributed by atoms with Crippen LogP contribution in [0.15, 0.2) is 24.3 Å². The SMILES string of the molecule is CCOc1ccc(CN2CCNC(=O)[C@H]2CC(=O)N(CC)CC)cc1. The minimum absolute atomic E-state index is 0.0312. The van der Waals surface area contributed by atoms with E-state index < -0.39 is 6.04 Å². The Morgan fingerprint density at radius 2 is 1.92 bits per heavy atom. The van der Waals surface area contributed by atoms with Crippen LogP contribution in [-0.2, 0) is 16.1 Å². The number of ether oxygens (including phenoxy) is 1. The number of nitrogens with one attached hydrogen (secondary N) is 1. The van der Waals surface area contributed by atoms with E-state index in [4.69, 9.17) is 4.74 Å². The number of carbonyl (C=O) groups is 2. The van der Waals surface area contributed by atoms with Gasteiger partial charge < -0.3 is 15.0 Å². The highest BCUT2D eigenvalue weighted by atomic mass is 16.5. The Hall–Kier alpha value is -2.08. The normalized spacial score (nSPS) is 17.9. The fourth-order valence-corrected chi connectivity index (χ4v) is 3.14. The van der Waals surface area contributed by atoms with E-state index in [0.29, 0.717) is 32.8 Å². The van der Waals surface area contributed by atoms with Gasteiger partial charge in [0, 0.05) is 32.7 Å². The van der Waals surface area contributed by atoms with Crippen LogP contribution in [0, 0.1) is 0 Å². The molecule has 1 heterocycles. The average molecular weight is 347 g/mol. The molecule has 138 valence electrons. The molecule has 25 heavy (non-hydrogen) atoms. The molecule has 0 bridgehead atoms. The molecule has 1 aliphatic heterocycles. The maximum atomic E-state index is 12.4. The predicted octanol–water partition coefficient (Wildman–Crippen LogP) is 1.64. The van der Waals surface area contributed by atoms with Crippen LogP contribution in [-0.4, -0.2) is 60.4 Å². The van der Waals surface area contributed by atoms with E-state index in [1.165, 1.54) is 0 Å². The van der Waals surface area contributed by atoms with Crippen LogP contribution in [0.3, 0.4) is 0 Å². The molecule has 6 heteroatoms. The van der Waals surface area contributed by atoms with Crippen molar-refractivity contribution in [3.8, 4) is 5.75 Å². The van der Waals surface area contributed by atoms with E-state index in [9.17, 15) is 9.59 Å². The minimum atomic E-state index is -0.409. The molecule has 0 aliphatic carbocycles. The van der Waals surface area contributed by atoms with E-state index in [1.54, 1.807) is 4.90 Å². The lowest BCUT2D eigenvalue weighted by Gasteiger charge is -2.35. The smallest absolute Gasteiger partial charge is 0.237 e. The van der Waals surface area contributed by atoms with Crippen molar-refractivity contribution in [1.82, 2.24) is 15.1 Å². The van der Waals surface area contributed by atoms with E-state index in [0.717, 1.165) is 17.9 Å². The molecule has 1 saturated heterocycles. The standard InChI is InChI=1S/C19H29N3O3/c1-4-21(5-2)18(23)13-17-19(24)20-11-12-22(17)14-15-7-9-16(10-8-15)25-6-3/h7-10,17H,4-6,11-14H2,1-3H3,(H,20,24)/t17-/m1/s1. The van der Waals surface area contributed by atoms with Gasteiger partial charge in [0.2, 0.25) is 11.8 Å². The number of rotatable bonds is 8. The van der Waals surface area contributed by atoms with Crippen molar-refractivity contribution in [2.24, 2.45) is 0 Å². The second kappa shape index (κ2) is 9.42. The Bertz CT molecular complexity index is 570. The number of amides is 2. The fraction of sp³-hybridized carbons (Fsp3) is 0.579. The molecule has 0 unspecified atom stereocenters. The van der Waals surface area contributed by atoms with E-state index in [-0.39, 0.29) is 18.2 Å². The van der Waals surface area contributed by atoms with Gasteiger partial charge in [0.05, 0.1) is 19.1 Å². The molecule has 2 rings (SSSR count). The molecular formula is C19H29N3O3. The van der Waals surface area contributed by atoms with Crippen molar-refractivity contribution >= 4 is 11.8 Å². The lowest BCUT2D eigenvalue weighted by atomic mass is 10.1. The van der Waals surface area contributed by atoms with Crippen molar-refractivity contribution in [2.45, 2.75) is 39.8 Å². The molecule has 1 fully saturated rings. The van der Waals surface area contributed by atoms with Gasteiger partial charge in [-0.15, -0.1) is 0 Å². The van der Waals surface area contributed by atoms with Gasteiger partial charge in [-0.1, -0.05) is 12.1 Å². The summed E-state index contributed by atoms with van der Waals surface area (Å²) in [5.74, 6) is 0.817. The summed E-state index contributed by atoms with van der Waals surface area (Å²) in [6.45, 7) is 9.86. The van der Waals surface area contributed by atoms with Crippen LogP contribution in [0.25, 0.3) is 0 Å². The third-order valence-corrected chi connectivity index (χ3v) is 4.55. The second-order valence-electron chi connectivity index (χ2n) is 6.12. The van der Waals surface area contributed by atoms with E-state index in [1.807, 2.05) is 45.0 Å². The molecule has 2 amide bonds. The Morgan fingerprint density at radius 1 is 1.24 bits per heavy atom. The molecule has 1 atom stereocenters. The van der Waals surface area contributed by atoms with E-state index >= 15 is 0 Å². The number of piperazine rings is 1. The largest absolute Gasteiger partial charge is 0.494 e. The Morgan fingerprint density at radius 3 is 2.52 bits per heavy atom. The molecule has 6 nitrogen and oxygen atoms in total. The number of hydrogen-bond donors (Lipinski definition) is 1. The summed E-state index contributed by atoms with van der Waals surface area (Å²) < 4.78 is 5.46. The van der Waals surface area contributed by atoms with Gasteiger partial charge in [0.1, 0.15) is 5.75 Å². The molecule has 1 aliphatic rings. The first-order chi connectivity index (χ1) is 12.1. The van der Waals surface area contributed by atoms with Crippen LogP contribution in [0.4, 0.5) is 0 Å². The first-order valence-electron chi connectivity index (χ1n) is 9.10. The first kappa shape index (κ1) is 19.2. The molecular weight excluding hydrogens is 318 g/mol. The fourth-order valence-electron chi connectivity index (χ4n) is 3.14. The molecule has 0 spiro atoms. The zero-order valence-electron chi connectivity index (χ0n) is 15.5. The van der Waals surface area contributed by atoms with Gasteiger partial charge in [-0.05, 0) is 38.5 Å². The van der Waals surface area contributed by atoms with Gasteiger partial charge >= 0.3 is 0 Å². The Labute approximate surface area is 150 Å². The predicted molar refractivity (Wildman–Crippen MR) is 97.4 cm³/mol. The maximum Gasteiger partial charge on any atom is 0.237 e. The lowest BCUT2D eigenvalue weighted by Crippen LogP contribution is -2.56. The summed E-state index contributed by atoms with van der Waals surface area (Å²) in [6, 6.07) is 7.51. The topological polar surface area (TPSA) is 61.9 Å².